The van der Waals surface area contributed by atoms with E-state index < -0.39 is 50.6 Å². The van der Waals surface area contributed by atoms with Gasteiger partial charge in [0.15, 0.2) is 5.78 Å². The summed E-state index contributed by atoms with van der Waals surface area (Å²) in [6, 6.07) is 9.34. The molecular formula is C26H25BrO6. The molecule has 1 aromatic carbocycles. The number of benzene rings is 1. The summed E-state index contributed by atoms with van der Waals surface area (Å²) in [6.07, 6.45) is 3.88. The smallest absolute Gasteiger partial charge is 0.316 e. The van der Waals surface area contributed by atoms with E-state index in [0.29, 0.717) is 24.8 Å². The molecule has 6 rings (SSSR count). The number of esters is 2. The number of hydrogen-bond acceptors (Lipinski definition) is 6. The molecule has 5 aliphatic rings. The molecular weight excluding hydrogens is 488 g/mol. The minimum absolute atomic E-state index is 0.0646. The van der Waals surface area contributed by atoms with E-state index in [0.717, 1.165) is 5.56 Å². The number of ketones is 1. The summed E-state index contributed by atoms with van der Waals surface area (Å²) < 4.78 is 11.3. The van der Waals surface area contributed by atoms with Crippen LogP contribution >= 0.6 is 15.9 Å². The Morgan fingerprint density at radius 1 is 1.30 bits per heavy atom. The van der Waals surface area contributed by atoms with Crippen molar-refractivity contribution in [1.82, 2.24) is 0 Å². The van der Waals surface area contributed by atoms with Crippen LogP contribution in [-0.2, 0) is 30.5 Å². The van der Waals surface area contributed by atoms with E-state index in [4.69, 9.17) is 9.47 Å². The molecule has 1 N–H and O–H groups in total. The van der Waals surface area contributed by atoms with E-state index in [1.54, 1.807) is 19.1 Å². The molecule has 1 heterocycles. The van der Waals surface area contributed by atoms with E-state index in [1.165, 1.54) is 0 Å². The zero-order valence-corrected chi connectivity index (χ0v) is 19.8. The highest BCUT2D eigenvalue weighted by Crippen LogP contribution is 2.77. The van der Waals surface area contributed by atoms with Gasteiger partial charge >= 0.3 is 11.9 Å². The van der Waals surface area contributed by atoms with Gasteiger partial charge in [-0.25, -0.2) is 0 Å². The van der Waals surface area contributed by atoms with Crippen molar-refractivity contribution in [3.63, 3.8) is 0 Å². The first-order valence-electron chi connectivity index (χ1n) is 11.4. The van der Waals surface area contributed by atoms with Gasteiger partial charge in [0.05, 0.1) is 21.8 Å². The summed E-state index contributed by atoms with van der Waals surface area (Å²) in [5.74, 6) is -3.21. The van der Waals surface area contributed by atoms with Crippen LogP contribution in [0.4, 0.5) is 0 Å². The first-order valence-corrected chi connectivity index (χ1v) is 12.1. The van der Waals surface area contributed by atoms with Crippen LogP contribution in [0.2, 0.25) is 0 Å². The van der Waals surface area contributed by atoms with Crippen molar-refractivity contribution in [3.8, 4) is 0 Å². The van der Waals surface area contributed by atoms with E-state index >= 15 is 0 Å². The highest BCUT2D eigenvalue weighted by Gasteiger charge is 2.85. The van der Waals surface area contributed by atoms with Crippen molar-refractivity contribution in [2.24, 2.45) is 28.6 Å². The maximum absolute atomic E-state index is 13.9. The van der Waals surface area contributed by atoms with Crippen LogP contribution in [0, 0.1) is 28.6 Å². The monoisotopic (exact) mass is 512 g/mol. The van der Waals surface area contributed by atoms with Gasteiger partial charge in [-0.2, -0.15) is 0 Å². The third kappa shape index (κ3) is 2.30. The zero-order chi connectivity index (χ0) is 23.4. The fourth-order valence-electron chi connectivity index (χ4n) is 7.67. The molecule has 0 amide bonds. The van der Waals surface area contributed by atoms with Crippen molar-refractivity contribution < 1.29 is 29.0 Å². The Kier molecular flexibility index (Phi) is 4.16. The molecule has 1 aliphatic heterocycles. The Balaban J connectivity index is 1.50. The van der Waals surface area contributed by atoms with Crippen LogP contribution in [0.3, 0.4) is 0 Å². The molecule has 1 spiro atoms. The Bertz CT molecular complexity index is 1140. The maximum Gasteiger partial charge on any atom is 0.316 e. The molecule has 0 radical (unpaired) electrons. The molecule has 172 valence electrons. The lowest BCUT2D eigenvalue weighted by molar-refractivity contribution is -0.167. The van der Waals surface area contributed by atoms with Gasteiger partial charge in [-0.15, -0.1) is 0 Å². The molecule has 0 aromatic heterocycles. The minimum atomic E-state index is -1.34. The minimum Gasteiger partial charge on any atom is -0.461 e. The molecule has 3 saturated carbocycles. The SMILES string of the molecule is C=C1C(=O)[C@]23C[C@@]1(Br)CC[C@H]2[C@@]12C=C[C@H](O)[C@](C)(C(=O)O1)[C@H]2[C@@H]3C(=O)OCc1ccccc1. The van der Waals surface area contributed by atoms with Gasteiger partial charge in [0.25, 0.3) is 0 Å². The summed E-state index contributed by atoms with van der Waals surface area (Å²) >= 11 is 3.77. The van der Waals surface area contributed by atoms with Crippen molar-refractivity contribution in [2.45, 2.75) is 48.8 Å². The highest BCUT2D eigenvalue weighted by atomic mass is 79.9. The summed E-state index contributed by atoms with van der Waals surface area (Å²) in [7, 11) is 0. The molecule has 33 heavy (non-hydrogen) atoms. The number of alkyl halides is 1. The number of aliphatic hydroxyl groups excluding tert-OH is 1. The normalized spacial score (nSPS) is 46.7. The Morgan fingerprint density at radius 2 is 2.03 bits per heavy atom. The number of ether oxygens (including phenoxy) is 2. The zero-order valence-electron chi connectivity index (χ0n) is 18.3. The van der Waals surface area contributed by atoms with Crippen LogP contribution in [-0.4, -0.2) is 38.9 Å². The number of rotatable bonds is 3. The van der Waals surface area contributed by atoms with E-state index in [9.17, 15) is 19.5 Å². The van der Waals surface area contributed by atoms with Crippen molar-refractivity contribution >= 4 is 33.7 Å². The lowest BCUT2D eigenvalue weighted by atomic mass is 9.61. The molecule has 4 fully saturated rings. The number of Topliss-reactive ketones (excluding diaryl/α,β-unsaturated/α-hetero) is 1. The second kappa shape index (κ2) is 6.45. The second-order valence-electron chi connectivity index (χ2n) is 10.5. The topological polar surface area (TPSA) is 89.9 Å². The number of carbonyl (C=O) groups excluding carboxylic acids is 3. The Morgan fingerprint density at radius 3 is 2.76 bits per heavy atom. The summed E-state index contributed by atoms with van der Waals surface area (Å²) in [4.78, 5) is 40.9. The number of allylic oxidation sites excluding steroid dienone is 1. The fourth-order valence-corrected chi connectivity index (χ4v) is 8.54. The Labute approximate surface area is 200 Å². The third-order valence-corrected chi connectivity index (χ3v) is 10.3. The molecule has 1 saturated heterocycles. The van der Waals surface area contributed by atoms with Gasteiger partial charge in [0.1, 0.15) is 17.6 Å². The second-order valence-corrected chi connectivity index (χ2v) is 12.0. The van der Waals surface area contributed by atoms with Gasteiger partial charge < -0.3 is 14.6 Å². The summed E-state index contributed by atoms with van der Waals surface area (Å²) in [5.41, 5.74) is -2.24. The standard InChI is InChI=1S/C26H25BrO6/c1-14-20(29)25-13-24(14,27)10-8-16(25)26-11-9-17(28)23(2,22(31)33-26)19(26)18(25)21(30)32-12-15-6-4-3-5-7-15/h3-7,9,11,16-19,28H,1,8,10,12-13H2,2H3/t16-,17+,18-,19-,23+,24+,25-,26-/m1/s1. The maximum atomic E-state index is 13.9. The van der Waals surface area contributed by atoms with Gasteiger partial charge in [0, 0.05) is 17.4 Å². The van der Waals surface area contributed by atoms with Crippen molar-refractivity contribution in [3.05, 3.63) is 60.2 Å². The van der Waals surface area contributed by atoms with Crippen LogP contribution in [0.15, 0.2) is 54.6 Å². The molecule has 7 heteroatoms. The number of halogens is 1. The van der Waals surface area contributed by atoms with Crippen LogP contribution in [0.25, 0.3) is 0 Å². The quantitative estimate of drug-likeness (QED) is 0.289. The molecule has 6 nitrogen and oxygen atoms in total. The predicted molar refractivity (Wildman–Crippen MR) is 121 cm³/mol. The van der Waals surface area contributed by atoms with Crippen molar-refractivity contribution in [1.29, 1.82) is 0 Å². The lowest BCUT2D eigenvalue weighted by Gasteiger charge is -2.43. The molecule has 0 unspecified atom stereocenters. The van der Waals surface area contributed by atoms with Gasteiger partial charge in [-0.1, -0.05) is 58.9 Å². The fraction of sp³-hybridized carbons (Fsp3) is 0.500. The molecule has 4 aliphatic carbocycles. The average Bonchev–Trinajstić information content (AvgIpc) is 3.21. The van der Waals surface area contributed by atoms with Crippen LogP contribution in [0.5, 0.6) is 0 Å². The van der Waals surface area contributed by atoms with Gasteiger partial charge in [-0.05, 0) is 37.8 Å². The number of hydrogen-bond donors (Lipinski definition) is 1. The first-order chi connectivity index (χ1) is 15.6. The van der Waals surface area contributed by atoms with Gasteiger partial charge in [0.2, 0.25) is 0 Å². The van der Waals surface area contributed by atoms with Crippen LogP contribution in [0.1, 0.15) is 31.7 Å². The summed E-state index contributed by atoms with van der Waals surface area (Å²) in [6.45, 7) is 5.81. The summed E-state index contributed by atoms with van der Waals surface area (Å²) in [5, 5.41) is 10.9. The predicted octanol–water partition coefficient (Wildman–Crippen LogP) is 3.27. The average molecular weight is 513 g/mol. The van der Waals surface area contributed by atoms with Gasteiger partial charge in [-0.3, -0.25) is 14.4 Å². The number of carbonyl (C=O) groups is 3. The van der Waals surface area contributed by atoms with E-state index in [-0.39, 0.29) is 18.3 Å². The largest absolute Gasteiger partial charge is 0.461 e. The van der Waals surface area contributed by atoms with E-state index in [2.05, 4.69) is 22.5 Å². The lowest BCUT2D eigenvalue weighted by Crippen LogP contribution is -2.51. The highest BCUT2D eigenvalue weighted by molar-refractivity contribution is 9.10. The number of aliphatic hydroxyl groups is 1. The molecule has 4 bridgehead atoms. The molecule has 1 aromatic rings. The number of fused-ring (bicyclic) bond motifs is 1. The van der Waals surface area contributed by atoms with Crippen LogP contribution < -0.4 is 0 Å². The first kappa shape index (κ1) is 21.3. The third-order valence-electron chi connectivity index (χ3n) is 9.17. The molecule has 8 atom stereocenters. The Hall–Kier alpha value is -2.25. The van der Waals surface area contributed by atoms with E-state index in [1.807, 2.05) is 30.3 Å². The van der Waals surface area contributed by atoms with Crippen molar-refractivity contribution in [2.75, 3.05) is 0 Å².